The molecular formula is C13H16N2O7. The van der Waals surface area contributed by atoms with Crippen LogP contribution in [0, 0.1) is 20.2 Å². The fourth-order valence-corrected chi connectivity index (χ4v) is 2.32. The van der Waals surface area contributed by atoms with Gasteiger partial charge in [0.05, 0.1) is 15.9 Å². The van der Waals surface area contributed by atoms with Crippen molar-refractivity contribution < 1.29 is 24.5 Å². The second kappa shape index (κ2) is 5.96. The molecule has 0 aromatic heterocycles. The molecule has 1 N–H and O–H groups in total. The van der Waals surface area contributed by atoms with Crippen LogP contribution in [0.15, 0.2) is 6.07 Å². The number of rotatable bonds is 4. The van der Waals surface area contributed by atoms with Gasteiger partial charge in [-0.15, -0.1) is 0 Å². The van der Waals surface area contributed by atoms with Crippen molar-refractivity contribution in [3.8, 4) is 5.75 Å². The zero-order valence-corrected chi connectivity index (χ0v) is 12.6. The van der Waals surface area contributed by atoms with E-state index in [9.17, 15) is 25.0 Å². The van der Waals surface area contributed by atoms with Gasteiger partial charge in [-0.2, -0.15) is 0 Å². The molecule has 9 heteroatoms. The third-order valence-electron chi connectivity index (χ3n) is 3.03. The second-order valence-electron chi connectivity index (χ2n) is 5.58. The van der Waals surface area contributed by atoms with Crippen molar-refractivity contribution in [3.63, 3.8) is 0 Å². The normalized spacial score (nSPS) is 11.1. The number of nitro groups is 2. The monoisotopic (exact) mass is 312 g/mol. The van der Waals surface area contributed by atoms with Gasteiger partial charge >= 0.3 is 11.8 Å². The predicted molar refractivity (Wildman–Crippen MR) is 76.5 cm³/mol. The lowest BCUT2D eigenvalue weighted by Crippen LogP contribution is -2.20. The molecule has 0 aliphatic rings. The van der Waals surface area contributed by atoms with Crippen LogP contribution in [0.3, 0.4) is 0 Å². The Hall–Kier alpha value is -2.71. The van der Waals surface area contributed by atoms with E-state index < -0.39 is 38.5 Å². The highest BCUT2D eigenvalue weighted by atomic mass is 16.7. The van der Waals surface area contributed by atoms with Crippen LogP contribution in [0.2, 0.25) is 0 Å². The summed E-state index contributed by atoms with van der Waals surface area (Å²) in [5, 5.41) is 31.2. The zero-order chi connectivity index (χ0) is 17.2. The van der Waals surface area contributed by atoms with Crippen LogP contribution in [0.5, 0.6) is 5.75 Å². The maximum absolute atomic E-state index is 11.2. The Morgan fingerprint density at radius 3 is 2.05 bits per heavy atom. The van der Waals surface area contributed by atoms with Gasteiger partial charge in [0, 0.05) is 11.1 Å². The number of benzene rings is 1. The molecular weight excluding hydrogens is 296 g/mol. The third kappa shape index (κ3) is 3.30. The molecule has 0 aliphatic heterocycles. The van der Waals surface area contributed by atoms with Crippen LogP contribution >= 0.6 is 0 Å². The van der Waals surface area contributed by atoms with E-state index in [4.69, 9.17) is 5.11 Å². The van der Waals surface area contributed by atoms with Crippen LogP contribution in [0.25, 0.3) is 0 Å². The molecule has 0 atom stereocenters. The summed E-state index contributed by atoms with van der Waals surface area (Å²) in [5.41, 5.74) is -1.57. The van der Waals surface area contributed by atoms with Crippen LogP contribution in [-0.2, 0) is 11.8 Å². The Bertz CT molecular complexity index is 647. The summed E-state index contributed by atoms with van der Waals surface area (Å²) in [6, 6.07) is 0.742. The molecule has 0 heterocycles. The van der Waals surface area contributed by atoms with Crippen molar-refractivity contribution in [2.45, 2.75) is 39.5 Å². The first-order valence-corrected chi connectivity index (χ1v) is 6.40. The van der Waals surface area contributed by atoms with Gasteiger partial charge in [-0.05, 0) is 11.8 Å². The van der Waals surface area contributed by atoms with Crippen molar-refractivity contribution in [3.05, 3.63) is 37.4 Å². The average Bonchev–Trinajstić information content (AvgIpc) is 2.34. The summed E-state index contributed by atoms with van der Waals surface area (Å²) < 4.78 is 4.59. The molecule has 0 spiro atoms. The van der Waals surface area contributed by atoms with Gasteiger partial charge in [0.1, 0.15) is 0 Å². The molecule has 1 aromatic rings. The minimum Gasteiger partial charge on any atom is -0.449 e. The average molecular weight is 312 g/mol. The number of ether oxygens (including phenoxy) is 1. The molecule has 1 aromatic carbocycles. The first kappa shape index (κ1) is 17.3. The number of hydrogen-bond donors (Lipinski definition) is 1. The molecule has 1 rings (SSSR count). The highest BCUT2D eigenvalue weighted by molar-refractivity contribution is 5.71. The first-order chi connectivity index (χ1) is 10.0. The largest absolute Gasteiger partial charge is 0.511 e. The predicted octanol–water partition coefficient (Wildman–Crippen LogP) is 3.42. The molecule has 22 heavy (non-hydrogen) atoms. The maximum atomic E-state index is 11.2. The Morgan fingerprint density at radius 2 is 1.73 bits per heavy atom. The third-order valence-corrected chi connectivity index (χ3v) is 3.03. The molecule has 0 unspecified atom stereocenters. The number of carboxylic acid groups (broad SMARTS) is 1. The van der Waals surface area contributed by atoms with Gasteiger partial charge in [-0.3, -0.25) is 20.2 Å². The van der Waals surface area contributed by atoms with Crippen LogP contribution in [0.1, 0.15) is 38.8 Å². The smallest absolute Gasteiger partial charge is 0.449 e. The van der Waals surface area contributed by atoms with Crippen molar-refractivity contribution >= 4 is 17.5 Å². The minimum atomic E-state index is -1.72. The molecule has 0 amide bonds. The molecule has 0 saturated heterocycles. The van der Waals surface area contributed by atoms with Crippen LogP contribution in [-0.4, -0.2) is 21.1 Å². The number of carbonyl (C=O) groups is 1. The second-order valence-corrected chi connectivity index (χ2v) is 5.58. The molecule has 120 valence electrons. The van der Waals surface area contributed by atoms with Gasteiger partial charge in [0.2, 0.25) is 5.75 Å². The maximum Gasteiger partial charge on any atom is 0.511 e. The molecule has 0 radical (unpaired) electrons. The highest BCUT2D eigenvalue weighted by Crippen LogP contribution is 2.45. The number of hydrogen-bond acceptors (Lipinski definition) is 6. The van der Waals surface area contributed by atoms with Crippen molar-refractivity contribution in [1.82, 2.24) is 0 Å². The van der Waals surface area contributed by atoms with E-state index in [1.54, 1.807) is 27.7 Å². The Kier molecular flexibility index (Phi) is 4.70. The summed E-state index contributed by atoms with van der Waals surface area (Å²) in [5.74, 6) is -0.465. The number of nitrogens with zero attached hydrogens (tertiary/aromatic N) is 2. The van der Waals surface area contributed by atoms with Crippen LogP contribution < -0.4 is 4.74 Å². The topological polar surface area (TPSA) is 133 Å². The van der Waals surface area contributed by atoms with E-state index >= 15 is 0 Å². The van der Waals surface area contributed by atoms with E-state index in [-0.39, 0.29) is 17.5 Å². The van der Waals surface area contributed by atoms with Gasteiger partial charge in [-0.25, -0.2) is 4.79 Å². The fourth-order valence-electron chi connectivity index (χ4n) is 2.32. The summed E-state index contributed by atoms with van der Waals surface area (Å²) in [4.78, 5) is 31.6. The fraction of sp³-hybridized carbons (Fsp3) is 0.462. The Labute approximate surface area is 125 Å². The van der Waals surface area contributed by atoms with E-state index in [0.717, 1.165) is 6.07 Å². The van der Waals surface area contributed by atoms with Crippen molar-refractivity contribution in [1.29, 1.82) is 0 Å². The Balaban J connectivity index is 3.96. The van der Waals surface area contributed by atoms with Gasteiger partial charge in [0.15, 0.2) is 0 Å². The lowest BCUT2D eigenvalue weighted by Gasteiger charge is -2.24. The molecule has 0 bridgehead atoms. The van der Waals surface area contributed by atoms with E-state index in [1.165, 1.54) is 0 Å². The SMILES string of the molecule is CCc1c([N+](=O)[O-])cc([N+](=O)[O-])c(OC(=O)O)c1C(C)(C)C. The number of nitro benzene ring substituents is 2. The summed E-state index contributed by atoms with van der Waals surface area (Å²) in [6.07, 6.45) is -1.51. The van der Waals surface area contributed by atoms with Crippen molar-refractivity contribution in [2.24, 2.45) is 0 Å². The molecule has 9 nitrogen and oxygen atoms in total. The molecule has 0 saturated carbocycles. The first-order valence-electron chi connectivity index (χ1n) is 6.40. The molecule has 0 fully saturated rings. The summed E-state index contributed by atoms with van der Waals surface area (Å²) in [6.45, 7) is 6.66. The van der Waals surface area contributed by atoms with E-state index in [0.29, 0.717) is 0 Å². The van der Waals surface area contributed by atoms with E-state index in [1.807, 2.05) is 0 Å². The minimum absolute atomic E-state index is 0.151. The Morgan fingerprint density at radius 1 is 1.23 bits per heavy atom. The summed E-state index contributed by atoms with van der Waals surface area (Å²) in [7, 11) is 0. The van der Waals surface area contributed by atoms with Gasteiger partial charge in [0.25, 0.3) is 5.69 Å². The highest BCUT2D eigenvalue weighted by Gasteiger charge is 2.36. The lowest BCUT2D eigenvalue weighted by atomic mass is 9.81. The van der Waals surface area contributed by atoms with Gasteiger partial charge in [-0.1, -0.05) is 27.7 Å². The van der Waals surface area contributed by atoms with Crippen LogP contribution in [0.4, 0.5) is 16.2 Å². The standard InChI is InChI=1S/C13H16N2O7/c1-5-7-8(14(18)19)6-9(15(20)21)11(22-12(16)17)10(7)13(2,3)4/h6H,5H2,1-4H3,(H,16,17). The van der Waals surface area contributed by atoms with Crippen molar-refractivity contribution in [2.75, 3.05) is 0 Å². The quantitative estimate of drug-likeness (QED) is 0.389. The molecule has 0 aliphatic carbocycles. The zero-order valence-electron chi connectivity index (χ0n) is 12.6. The van der Waals surface area contributed by atoms with Gasteiger partial charge < -0.3 is 9.84 Å². The lowest BCUT2D eigenvalue weighted by molar-refractivity contribution is -0.395. The summed E-state index contributed by atoms with van der Waals surface area (Å²) >= 11 is 0. The van der Waals surface area contributed by atoms with E-state index in [2.05, 4.69) is 4.74 Å².